The van der Waals surface area contributed by atoms with E-state index in [2.05, 4.69) is 47.1 Å². The van der Waals surface area contributed by atoms with Crippen LogP contribution in [0.4, 0.5) is 0 Å². The summed E-state index contributed by atoms with van der Waals surface area (Å²) in [5.74, 6) is 0. The average molecular weight is 296 g/mol. The molecule has 0 aromatic heterocycles. The zero-order valence-corrected chi connectivity index (χ0v) is 11.3. The van der Waals surface area contributed by atoms with Crippen molar-refractivity contribution in [3.63, 3.8) is 0 Å². The van der Waals surface area contributed by atoms with E-state index in [1.165, 1.54) is 5.56 Å². The van der Waals surface area contributed by atoms with E-state index >= 15 is 0 Å². The van der Waals surface area contributed by atoms with E-state index in [4.69, 9.17) is 11.6 Å². The van der Waals surface area contributed by atoms with Crippen molar-refractivity contribution in [3.05, 3.63) is 57.5 Å². The van der Waals surface area contributed by atoms with Gasteiger partial charge in [-0.25, -0.2) is 0 Å². The molecule has 82 valence electrons. The molecule has 2 aromatic carbocycles. The Bertz CT molecular complexity index is 486. The highest BCUT2D eigenvalue weighted by molar-refractivity contribution is 9.10. The Morgan fingerprint density at radius 1 is 1.12 bits per heavy atom. The van der Waals surface area contributed by atoms with Crippen LogP contribution in [0, 0.1) is 0 Å². The molecule has 0 nitrogen and oxygen atoms in total. The lowest BCUT2D eigenvalue weighted by Crippen LogP contribution is -1.85. The monoisotopic (exact) mass is 294 g/mol. The lowest BCUT2D eigenvalue weighted by molar-refractivity contribution is 1.14. The Balaban J connectivity index is 2.58. The quantitative estimate of drug-likeness (QED) is 0.702. The molecule has 0 saturated carbocycles. The molecule has 0 atom stereocenters. The van der Waals surface area contributed by atoms with E-state index in [-0.39, 0.29) is 0 Å². The van der Waals surface area contributed by atoms with Gasteiger partial charge in [0, 0.05) is 15.1 Å². The van der Waals surface area contributed by atoms with Gasteiger partial charge in [-0.1, -0.05) is 64.8 Å². The molecular formula is C14H12BrCl. The fourth-order valence-electron chi connectivity index (χ4n) is 1.72. The van der Waals surface area contributed by atoms with Crippen molar-refractivity contribution in [1.29, 1.82) is 0 Å². The zero-order valence-electron chi connectivity index (χ0n) is 9.00. The van der Waals surface area contributed by atoms with Crippen LogP contribution in [0.1, 0.15) is 12.5 Å². The highest BCUT2D eigenvalue weighted by Crippen LogP contribution is 2.34. The summed E-state index contributed by atoms with van der Waals surface area (Å²) in [6.07, 6.45) is 1.04. The maximum atomic E-state index is 6.23. The third kappa shape index (κ3) is 2.31. The van der Waals surface area contributed by atoms with Gasteiger partial charge in [0.1, 0.15) is 0 Å². The molecule has 2 heteroatoms. The molecule has 0 fully saturated rings. The second-order valence-electron chi connectivity index (χ2n) is 3.65. The molecule has 2 rings (SSSR count). The van der Waals surface area contributed by atoms with E-state index in [0.717, 1.165) is 27.0 Å². The fourth-order valence-corrected chi connectivity index (χ4v) is 2.71. The molecule has 0 saturated heterocycles. The highest BCUT2D eigenvalue weighted by atomic mass is 79.9. The molecule has 0 aliphatic heterocycles. The van der Waals surface area contributed by atoms with Crippen LogP contribution < -0.4 is 0 Å². The van der Waals surface area contributed by atoms with Crippen LogP contribution in [0.3, 0.4) is 0 Å². The Kier molecular flexibility index (Phi) is 3.67. The zero-order chi connectivity index (χ0) is 11.5. The van der Waals surface area contributed by atoms with Crippen LogP contribution in [0.15, 0.2) is 46.9 Å². The van der Waals surface area contributed by atoms with E-state index < -0.39 is 0 Å². The second-order valence-corrected chi connectivity index (χ2v) is 4.91. The Hall–Kier alpha value is -0.790. The first-order valence-electron chi connectivity index (χ1n) is 5.25. The van der Waals surface area contributed by atoms with Crippen molar-refractivity contribution in [2.45, 2.75) is 13.3 Å². The summed E-state index contributed by atoms with van der Waals surface area (Å²) in [5.41, 5.74) is 3.56. The Labute approximate surface area is 109 Å². The Morgan fingerprint density at radius 2 is 1.88 bits per heavy atom. The van der Waals surface area contributed by atoms with Crippen molar-refractivity contribution in [1.82, 2.24) is 0 Å². The molecular weight excluding hydrogens is 284 g/mol. The minimum Gasteiger partial charge on any atom is -0.0836 e. The van der Waals surface area contributed by atoms with Crippen LogP contribution in [-0.4, -0.2) is 0 Å². The molecule has 0 radical (unpaired) electrons. The number of halogens is 2. The van der Waals surface area contributed by atoms with Crippen LogP contribution in [0.5, 0.6) is 0 Å². The summed E-state index contributed by atoms with van der Waals surface area (Å²) in [7, 11) is 0. The average Bonchev–Trinajstić information content (AvgIpc) is 2.29. The van der Waals surface area contributed by atoms with Crippen LogP contribution in [-0.2, 0) is 6.42 Å². The highest BCUT2D eigenvalue weighted by Gasteiger charge is 2.07. The van der Waals surface area contributed by atoms with Crippen molar-refractivity contribution >= 4 is 27.5 Å². The topological polar surface area (TPSA) is 0 Å². The number of benzene rings is 2. The van der Waals surface area contributed by atoms with Gasteiger partial charge >= 0.3 is 0 Å². The molecule has 0 aliphatic carbocycles. The first-order chi connectivity index (χ1) is 7.72. The second kappa shape index (κ2) is 5.03. The van der Waals surface area contributed by atoms with Gasteiger partial charge in [0.05, 0.1) is 0 Å². The normalized spacial score (nSPS) is 10.4. The molecule has 0 aliphatic rings. The van der Waals surface area contributed by atoms with Crippen LogP contribution in [0.25, 0.3) is 11.1 Å². The summed E-state index contributed by atoms with van der Waals surface area (Å²) in [4.78, 5) is 0. The van der Waals surface area contributed by atoms with E-state index in [9.17, 15) is 0 Å². The van der Waals surface area contributed by atoms with Gasteiger partial charge in [0.2, 0.25) is 0 Å². The SMILES string of the molecule is CCc1cccc(-c2c(Cl)cccc2Br)c1. The van der Waals surface area contributed by atoms with Gasteiger partial charge in [-0.15, -0.1) is 0 Å². The van der Waals surface area contributed by atoms with Crippen LogP contribution in [0.2, 0.25) is 5.02 Å². The third-order valence-electron chi connectivity index (χ3n) is 2.59. The van der Waals surface area contributed by atoms with Crippen LogP contribution >= 0.6 is 27.5 Å². The van der Waals surface area contributed by atoms with Gasteiger partial charge < -0.3 is 0 Å². The van der Waals surface area contributed by atoms with Gasteiger partial charge in [-0.05, 0) is 29.7 Å². The largest absolute Gasteiger partial charge is 0.0836 e. The standard InChI is InChI=1S/C14H12BrCl/c1-2-10-5-3-6-11(9-10)14-12(15)7-4-8-13(14)16/h3-9H,2H2,1H3. The molecule has 0 amide bonds. The van der Waals surface area contributed by atoms with Gasteiger partial charge in [-0.2, -0.15) is 0 Å². The van der Waals surface area contributed by atoms with Crippen molar-refractivity contribution < 1.29 is 0 Å². The van der Waals surface area contributed by atoms with E-state index in [1.54, 1.807) is 0 Å². The summed E-state index contributed by atoms with van der Waals surface area (Å²) >= 11 is 9.78. The number of rotatable bonds is 2. The summed E-state index contributed by atoms with van der Waals surface area (Å²) in [6, 6.07) is 14.4. The number of aryl methyl sites for hydroxylation is 1. The van der Waals surface area contributed by atoms with Crippen molar-refractivity contribution in [2.75, 3.05) is 0 Å². The summed E-state index contributed by atoms with van der Waals surface area (Å²) in [5, 5.41) is 0.780. The van der Waals surface area contributed by atoms with E-state index in [1.807, 2.05) is 18.2 Å². The summed E-state index contributed by atoms with van der Waals surface area (Å²) < 4.78 is 1.04. The Morgan fingerprint density at radius 3 is 2.56 bits per heavy atom. The van der Waals surface area contributed by atoms with Gasteiger partial charge in [0.15, 0.2) is 0 Å². The number of hydrogen-bond donors (Lipinski definition) is 0. The fraction of sp³-hybridized carbons (Fsp3) is 0.143. The first kappa shape index (κ1) is 11.7. The maximum absolute atomic E-state index is 6.23. The summed E-state index contributed by atoms with van der Waals surface area (Å²) in [6.45, 7) is 2.15. The molecule has 0 heterocycles. The minimum absolute atomic E-state index is 0.780. The third-order valence-corrected chi connectivity index (χ3v) is 3.56. The van der Waals surface area contributed by atoms with Gasteiger partial charge in [-0.3, -0.25) is 0 Å². The molecule has 0 spiro atoms. The first-order valence-corrected chi connectivity index (χ1v) is 6.42. The number of hydrogen-bond acceptors (Lipinski definition) is 0. The lowest BCUT2D eigenvalue weighted by Gasteiger charge is -2.08. The smallest absolute Gasteiger partial charge is 0.0495 e. The van der Waals surface area contributed by atoms with Gasteiger partial charge in [0.25, 0.3) is 0 Å². The molecule has 16 heavy (non-hydrogen) atoms. The minimum atomic E-state index is 0.780. The molecule has 0 bridgehead atoms. The van der Waals surface area contributed by atoms with E-state index in [0.29, 0.717) is 0 Å². The van der Waals surface area contributed by atoms with Crippen molar-refractivity contribution in [3.8, 4) is 11.1 Å². The molecule has 2 aromatic rings. The predicted molar refractivity (Wildman–Crippen MR) is 74.0 cm³/mol. The molecule has 0 N–H and O–H groups in total. The van der Waals surface area contributed by atoms with Crippen molar-refractivity contribution in [2.24, 2.45) is 0 Å². The molecule has 0 unspecified atom stereocenters. The maximum Gasteiger partial charge on any atom is 0.0495 e. The lowest BCUT2D eigenvalue weighted by atomic mass is 10.0. The predicted octanol–water partition coefficient (Wildman–Crippen LogP) is 5.33.